The molecule has 0 spiro atoms. The molecule has 0 aliphatic heterocycles. The van der Waals surface area contributed by atoms with Gasteiger partial charge >= 0.3 is 5.97 Å². The number of ether oxygens (including phenoxy) is 1. The van der Waals surface area contributed by atoms with Gasteiger partial charge in [0.1, 0.15) is 23.5 Å². The Morgan fingerprint density at radius 3 is 2.62 bits per heavy atom. The molecule has 2 aromatic carbocycles. The van der Waals surface area contributed by atoms with Gasteiger partial charge < -0.3 is 20.1 Å². The maximum Gasteiger partial charge on any atom is 0.341 e. The number of fused-ring (bicyclic) bond motifs is 1. The first-order valence-corrected chi connectivity index (χ1v) is 9.25. The van der Waals surface area contributed by atoms with Crippen LogP contribution in [0.15, 0.2) is 67.0 Å². The van der Waals surface area contributed by atoms with Gasteiger partial charge in [-0.15, -0.1) is 0 Å². The summed E-state index contributed by atoms with van der Waals surface area (Å²) in [5, 5.41) is 13.0. The second-order valence-electron chi connectivity index (χ2n) is 6.54. The molecule has 3 N–H and O–H groups in total. The lowest BCUT2D eigenvalue weighted by Crippen LogP contribution is -2.09. The highest BCUT2D eigenvalue weighted by molar-refractivity contribution is 5.91. The van der Waals surface area contributed by atoms with Gasteiger partial charge in [-0.05, 0) is 47.9 Å². The smallest absolute Gasteiger partial charge is 0.341 e. The summed E-state index contributed by atoms with van der Waals surface area (Å²) in [7, 11) is 0. The Balaban J connectivity index is 1.49. The SMILES string of the molecule is O=C(O)COc1ccc(-c2cc3c(NCCc4ccccc4)ncnc3[nH]2)cc1. The number of carbonyl (C=O) groups is 1. The topological polar surface area (TPSA) is 100 Å². The average Bonchev–Trinajstić information content (AvgIpc) is 3.19. The van der Waals surface area contributed by atoms with E-state index in [4.69, 9.17) is 9.84 Å². The number of carboxylic acids is 1. The van der Waals surface area contributed by atoms with Crippen LogP contribution in [-0.2, 0) is 11.2 Å². The zero-order chi connectivity index (χ0) is 20.1. The van der Waals surface area contributed by atoms with E-state index in [1.165, 1.54) is 11.9 Å². The van der Waals surface area contributed by atoms with E-state index >= 15 is 0 Å². The molecular weight excluding hydrogens is 368 g/mol. The van der Waals surface area contributed by atoms with Crippen LogP contribution in [-0.4, -0.2) is 39.2 Å². The Bertz CT molecular complexity index is 1110. The summed E-state index contributed by atoms with van der Waals surface area (Å²) in [6.07, 6.45) is 2.44. The lowest BCUT2D eigenvalue weighted by molar-refractivity contribution is -0.139. The maximum absolute atomic E-state index is 10.6. The summed E-state index contributed by atoms with van der Waals surface area (Å²) in [5.41, 5.74) is 3.87. The Labute approximate surface area is 167 Å². The third kappa shape index (κ3) is 4.52. The first-order valence-electron chi connectivity index (χ1n) is 9.25. The molecule has 0 aliphatic carbocycles. The monoisotopic (exact) mass is 388 g/mol. The molecule has 4 aromatic rings. The largest absolute Gasteiger partial charge is 0.482 e. The van der Waals surface area contributed by atoms with Crippen LogP contribution in [0.5, 0.6) is 5.75 Å². The minimum atomic E-state index is -1.00. The zero-order valence-corrected chi connectivity index (χ0v) is 15.6. The van der Waals surface area contributed by atoms with E-state index in [-0.39, 0.29) is 6.61 Å². The molecule has 0 bridgehead atoms. The molecule has 0 atom stereocenters. The van der Waals surface area contributed by atoms with Crippen LogP contribution in [0.3, 0.4) is 0 Å². The summed E-state index contributed by atoms with van der Waals surface area (Å²) in [6.45, 7) is 0.408. The summed E-state index contributed by atoms with van der Waals surface area (Å²) in [6, 6.07) is 19.5. The first kappa shape index (κ1) is 18.5. The van der Waals surface area contributed by atoms with Gasteiger partial charge in [-0.3, -0.25) is 0 Å². The van der Waals surface area contributed by atoms with Gasteiger partial charge in [0.2, 0.25) is 0 Å². The van der Waals surface area contributed by atoms with E-state index in [1.807, 2.05) is 36.4 Å². The van der Waals surface area contributed by atoms with Crippen LogP contribution in [0.1, 0.15) is 5.56 Å². The highest BCUT2D eigenvalue weighted by Crippen LogP contribution is 2.28. The van der Waals surface area contributed by atoms with E-state index in [1.54, 1.807) is 12.1 Å². The Morgan fingerprint density at radius 1 is 1.07 bits per heavy atom. The molecule has 0 saturated carbocycles. The van der Waals surface area contributed by atoms with Crippen LogP contribution >= 0.6 is 0 Å². The van der Waals surface area contributed by atoms with Gasteiger partial charge in [-0.2, -0.15) is 0 Å². The molecule has 2 aromatic heterocycles. The standard InChI is InChI=1S/C22H20N4O3/c27-20(28)13-29-17-8-6-16(7-9-17)19-12-18-21(24-14-25-22(18)26-19)23-11-10-15-4-2-1-3-5-15/h1-9,12,14H,10-11,13H2,(H,27,28)(H2,23,24,25,26). The second kappa shape index (κ2) is 8.43. The molecule has 2 heterocycles. The van der Waals surface area contributed by atoms with Gasteiger partial charge in [0, 0.05) is 12.2 Å². The lowest BCUT2D eigenvalue weighted by Gasteiger charge is -2.06. The Kier molecular flexibility index (Phi) is 5.38. The number of aliphatic carboxylic acids is 1. The number of hydrogen-bond donors (Lipinski definition) is 3. The number of benzene rings is 2. The van der Waals surface area contributed by atoms with Crippen LogP contribution in [0.25, 0.3) is 22.3 Å². The number of aromatic nitrogens is 3. The first-order chi connectivity index (χ1) is 14.2. The quantitative estimate of drug-likeness (QED) is 0.425. The summed E-state index contributed by atoms with van der Waals surface area (Å²) in [5.74, 6) is 0.292. The summed E-state index contributed by atoms with van der Waals surface area (Å²) in [4.78, 5) is 22.6. The molecule has 146 valence electrons. The van der Waals surface area contributed by atoms with E-state index < -0.39 is 5.97 Å². The van der Waals surface area contributed by atoms with E-state index in [2.05, 4.69) is 32.4 Å². The molecule has 4 rings (SSSR count). The molecule has 0 fully saturated rings. The number of H-pyrrole nitrogens is 1. The molecule has 0 unspecified atom stereocenters. The van der Waals surface area contributed by atoms with Crippen molar-refractivity contribution in [2.24, 2.45) is 0 Å². The number of aromatic amines is 1. The fourth-order valence-electron chi connectivity index (χ4n) is 3.08. The van der Waals surface area contributed by atoms with E-state index in [0.717, 1.165) is 41.1 Å². The fourth-order valence-corrected chi connectivity index (χ4v) is 3.08. The third-order valence-corrected chi connectivity index (χ3v) is 4.50. The predicted molar refractivity (Wildman–Crippen MR) is 111 cm³/mol. The number of carboxylic acid groups (broad SMARTS) is 1. The van der Waals surface area contributed by atoms with Gasteiger partial charge in [0.25, 0.3) is 0 Å². The van der Waals surface area contributed by atoms with Crippen molar-refractivity contribution in [3.8, 4) is 17.0 Å². The second-order valence-corrected chi connectivity index (χ2v) is 6.54. The molecule has 0 amide bonds. The minimum absolute atomic E-state index is 0.362. The zero-order valence-electron chi connectivity index (χ0n) is 15.6. The molecule has 7 heteroatoms. The molecule has 29 heavy (non-hydrogen) atoms. The molecule has 0 aliphatic rings. The Hall–Kier alpha value is -3.87. The fraction of sp³-hybridized carbons (Fsp3) is 0.136. The number of hydrogen-bond acceptors (Lipinski definition) is 5. The van der Waals surface area contributed by atoms with Crippen molar-refractivity contribution in [3.63, 3.8) is 0 Å². The maximum atomic E-state index is 10.6. The lowest BCUT2D eigenvalue weighted by atomic mass is 10.1. The number of nitrogens with zero attached hydrogens (tertiary/aromatic N) is 2. The summed E-state index contributed by atoms with van der Waals surface area (Å²) < 4.78 is 5.18. The van der Waals surface area contributed by atoms with Crippen molar-refractivity contribution in [1.29, 1.82) is 0 Å². The van der Waals surface area contributed by atoms with Crippen LogP contribution in [0.4, 0.5) is 5.82 Å². The van der Waals surface area contributed by atoms with Crippen LogP contribution in [0.2, 0.25) is 0 Å². The predicted octanol–water partition coefficient (Wildman–Crippen LogP) is 3.74. The van der Waals surface area contributed by atoms with Gasteiger partial charge in [0.15, 0.2) is 6.61 Å². The van der Waals surface area contributed by atoms with Gasteiger partial charge in [-0.25, -0.2) is 14.8 Å². The van der Waals surface area contributed by atoms with Crippen molar-refractivity contribution in [2.45, 2.75) is 6.42 Å². The molecule has 0 radical (unpaired) electrons. The third-order valence-electron chi connectivity index (χ3n) is 4.50. The summed E-state index contributed by atoms with van der Waals surface area (Å²) >= 11 is 0. The normalized spacial score (nSPS) is 10.8. The van der Waals surface area contributed by atoms with E-state index in [0.29, 0.717) is 5.75 Å². The van der Waals surface area contributed by atoms with Crippen LogP contribution < -0.4 is 10.1 Å². The van der Waals surface area contributed by atoms with Gasteiger partial charge in [-0.1, -0.05) is 30.3 Å². The van der Waals surface area contributed by atoms with Crippen molar-refractivity contribution in [3.05, 3.63) is 72.6 Å². The molecule has 7 nitrogen and oxygen atoms in total. The van der Waals surface area contributed by atoms with E-state index in [9.17, 15) is 4.79 Å². The Morgan fingerprint density at radius 2 is 1.86 bits per heavy atom. The van der Waals surface area contributed by atoms with Crippen LogP contribution in [0, 0.1) is 0 Å². The highest BCUT2D eigenvalue weighted by Gasteiger charge is 2.10. The minimum Gasteiger partial charge on any atom is -0.482 e. The highest BCUT2D eigenvalue weighted by atomic mass is 16.5. The van der Waals surface area contributed by atoms with Gasteiger partial charge in [0.05, 0.1) is 5.39 Å². The number of anilines is 1. The van der Waals surface area contributed by atoms with Crippen molar-refractivity contribution in [1.82, 2.24) is 15.0 Å². The molecule has 0 saturated heterocycles. The van der Waals surface area contributed by atoms with Crippen molar-refractivity contribution >= 4 is 22.8 Å². The number of nitrogens with one attached hydrogen (secondary N) is 2. The number of rotatable bonds is 8. The van der Waals surface area contributed by atoms with Crippen molar-refractivity contribution in [2.75, 3.05) is 18.5 Å². The molecular formula is C22H20N4O3. The average molecular weight is 388 g/mol. The van der Waals surface area contributed by atoms with Crippen molar-refractivity contribution < 1.29 is 14.6 Å².